The largest absolute Gasteiger partial charge is 0.504 e. The van der Waals surface area contributed by atoms with Gasteiger partial charge in [-0.1, -0.05) is 24.3 Å². The van der Waals surface area contributed by atoms with Crippen molar-refractivity contribution in [3.8, 4) is 11.5 Å². The highest BCUT2D eigenvalue weighted by atomic mass is 16.5. The lowest BCUT2D eigenvalue weighted by Gasteiger charge is -2.18. The van der Waals surface area contributed by atoms with E-state index >= 15 is 0 Å². The predicted octanol–water partition coefficient (Wildman–Crippen LogP) is 2.53. The van der Waals surface area contributed by atoms with Gasteiger partial charge in [-0.3, -0.25) is 4.79 Å². The van der Waals surface area contributed by atoms with Gasteiger partial charge >= 0.3 is 0 Å². The summed E-state index contributed by atoms with van der Waals surface area (Å²) in [6.45, 7) is 0.871. The van der Waals surface area contributed by atoms with E-state index < -0.39 is 0 Å². The van der Waals surface area contributed by atoms with Gasteiger partial charge in [0.25, 0.3) is 0 Å². The minimum atomic E-state index is -0.112. The fourth-order valence-electron chi connectivity index (χ4n) is 2.49. The molecule has 1 aliphatic rings. The van der Waals surface area contributed by atoms with E-state index in [1.54, 1.807) is 18.2 Å². The van der Waals surface area contributed by atoms with Crippen molar-refractivity contribution in [3.05, 3.63) is 59.2 Å². The number of carbonyl (C=O) groups is 1. The molecule has 0 radical (unpaired) electrons. The highest BCUT2D eigenvalue weighted by Gasteiger charge is 2.15. The molecule has 0 unspecified atom stereocenters. The van der Waals surface area contributed by atoms with Crippen LogP contribution in [0.15, 0.2) is 48.0 Å². The Morgan fingerprint density at radius 3 is 2.96 bits per heavy atom. The molecule has 5 heteroatoms. The number of benzene rings is 2. The third-order valence-electron chi connectivity index (χ3n) is 3.75. The van der Waals surface area contributed by atoms with Crippen molar-refractivity contribution in [3.63, 3.8) is 0 Å². The molecule has 1 heterocycles. The fourth-order valence-corrected chi connectivity index (χ4v) is 2.49. The van der Waals surface area contributed by atoms with Crippen molar-refractivity contribution < 1.29 is 14.6 Å². The van der Waals surface area contributed by atoms with E-state index in [2.05, 4.69) is 10.6 Å². The van der Waals surface area contributed by atoms with Crippen molar-refractivity contribution in [2.45, 2.75) is 6.54 Å². The lowest BCUT2D eigenvalue weighted by Crippen LogP contribution is -2.28. The van der Waals surface area contributed by atoms with Crippen molar-refractivity contribution in [1.29, 1.82) is 0 Å². The average Bonchev–Trinajstić information content (AvgIpc) is 2.60. The molecule has 0 saturated carbocycles. The lowest BCUT2D eigenvalue weighted by molar-refractivity contribution is -0.117. The van der Waals surface area contributed by atoms with Gasteiger partial charge in [0, 0.05) is 24.4 Å². The summed E-state index contributed by atoms with van der Waals surface area (Å²) >= 11 is 0. The van der Waals surface area contributed by atoms with E-state index in [0.29, 0.717) is 24.4 Å². The number of ether oxygens (including phenoxy) is 1. The maximum absolute atomic E-state index is 12.3. The zero-order valence-corrected chi connectivity index (χ0v) is 12.8. The first kappa shape index (κ1) is 15.0. The van der Waals surface area contributed by atoms with Crippen LogP contribution in [0.1, 0.15) is 11.1 Å². The number of aromatic hydroxyl groups is 1. The van der Waals surface area contributed by atoms with Crippen LogP contribution in [0.4, 0.5) is 5.69 Å². The topological polar surface area (TPSA) is 70.6 Å². The van der Waals surface area contributed by atoms with Gasteiger partial charge in [-0.2, -0.15) is 0 Å². The molecule has 2 aromatic rings. The van der Waals surface area contributed by atoms with Crippen LogP contribution in [0, 0.1) is 0 Å². The Labute approximate surface area is 134 Å². The summed E-state index contributed by atoms with van der Waals surface area (Å²) in [7, 11) is 1.49. The van der Waals surface area contributed by atoms with E-state index in [0.717, 1.165) is 16.8 Å². The number of anilines is 1. The maximum atomic E-state index is 12.3. The second-order valence-electron chi connectivity index (χ2n) is 5.30. The van der Waals surface area contributed by atoms with Crippen molar-refractivity contribution in [1.82, 2.24) is 5.32 Å². The van der Waals surface area contributed by atoms with E-state index in [1.165, 1.54) is 7.11 Å². The molecule has 0 spiro atoms. The Bertz CT molecular complexity index is 769. The van der Waals surface area contributed by atoms with Gasteiger partial charge in [0.05, 0.1) is 7.11 Å². The fraction of sp³-hybridized carbons (Fsp3) is 0.167. The number of fused-ring (bicyclic) bond motifs is 1. The molecule has 118 valence electrons. The molecule has 3 N–H and O–H groups in total. The number of hydrogen-bond donors (Lipinski definition) is 3. The highest BCUT2D eigenvalue weighted by Crippen LogP contribution is 2.26. The van der Waals surface area contributed by atoms with E-state index in [4.69, 9.17) is 4.74 Å². The SMILES string of the molecule is COc1cc(CNC(=O)C2=Cc3ccccc3NC2)ccc1O. The number of carbonyl (C=O) groups excluding carboxylic acids is 1. The van der Waals surface area contributed by atoms with Gasteiger partial charge < -0.3 is 20.5 Å². The first-order valence-corrected chi connectivity index (χ1v) is 7.35. The van der Waals surface area contributed by atoms with Gasteiger partial charge in [-0.15, -0.1) is 0 Å². The zero-order valence-electron chi connectivity index (χ0n) is 12.8. The zero-order chi connectivity index (χ0) is 16.2. The smallest absolute Gasteiger partial charge is 0.249 e. The molecule has 1 amide bonds. The summed E-state index contributed by atoms with van der Waals surface area (Å²) in [5.74, 6) is 0.363. The molecule has 0 saturated heterocycles. The summed E-state index contributed by atoms with van der Waals surface area (Å²) in [5, 5.41) is 15.7. The molecule has 23 heavy (non-hydrogen) atoms. The third-order valence-corrected chi connectivity index (χ3v) is 3.75. The van der Waals surface area contributed by atoms with Crippen LogP contribution in [-0.2, 0) is 11.3 Å². The van der Waals surface area contributed by atoms with Gasteiger partial charge in [0.1, 0.15) is 0 Å². The van der Waals surface area contributed by atoms with Crippen LogP contribution in [-0.4, -0.2) is 24.7 Å². The Morgan fingerprint density at radius 1 is 1.30 bits per heavy atom. The summed E-state index contributed by atoms with van der Waals surface area (Å²) in [4.78, 5) is 12.3. The van der Waals surface area contributed by atoms with E-state index in [9.17, 15) is 9.90 Å². The van der Waals surface area contributed by atoms with Crippen LogP contribution in [0.3, 0.4) is 0 Å². The number of rotatable bonds is 4. The second kappa shape index (κ2) is 6.44. The minimum absolute atomic E-state index is 0.0818. The monoisotopic (exact) mass is 310 g/mol. The van der Waals surface area contributed by atoms with Crippen molar-refractivity contribution >= 4 is 17.7 Å². The van der Waals surface area contributed by atoms with E-state index in [-0.39, 0.29) is 11.7 Å². The molecule has 5 nitrogen and oxygen atoms in total. The molecule has 3 rings (SSSR count). The summed E-state index contributed by atoms with van der Waals surface area (Å²) < 4.78 is 5.06. The molecule has 0 aliphatic carbocycles. The predicted molar refractivity (Wildman–Crippen MR) is 89.4 cm³/mol. The number of para-hydroxylation sites is 1. The second-order valence-corrected chi connectivity index (χ2v) is 5.30. The Hall–Kier alpha value is -2.95. The molecular weight excluding hydrogens is 292 g/mol. The quantitative estimate of drug-likeness (QED) is 0.811. The van der Waals surface area contributed by atoms with Crippen LogP contribution in [0.2, 0.25) is 0 Å². The molecule has 0 bridgehead atoms. The number of phenols is 1. The van der Waals surface area contributed by atoms with Gasteiger partial charge in [0.2, 0.25) is 5.91 Å². The highest BCUT2D eigenvalue weighted by molar-refractivity contribution is 6.00. The number of nitrogens with one attached hydrogen (secondary N) is 2. The lowest BCUT2D eigenvalue weighted by atomic mass is 10.0. The van der Waals surface area contributed by atoms with E-state index in [1.807, 2.05) is 30.3 Å². The summed E-state index contributed by atoms with van der Waals surface area (Å²) in [6.07, 6.45) is 1.90. The first-order chi connectivity index (χ1) is 11.2. The Balaban J connectivity index is 1.68. The Kier molecular flexibility index (Phi) is 4.19. The minimum Gasteiger partial charge on any atom is -0.504 e. The van der Waals surface area contributed by atoms with Crippen LogP contribution in [0.5, 0.6) is 11.5 Å². The first-order valence-electron chi connectivity index (χ1n) is 7.35. The van der Waals surface area contributed by atoms with Gasteiger partial charge in [-0.25, -0.2) is 0 Å². The van der Waals surface area contributed by atoms with Gasteiger partial charge in [-0.05, 0) is 35.4 Å². The number of amides is 1. The van der Waals surface area contributed by atoms with Crippen LogP contribution >= 0.6 is 0 Å². The van der Waals surface area contributed by atoms with Crippen LogP contribution < -0.4 is 15.4 Å². The standard InChI is InChI=1S/C18H18N2O3/c1-23-17-8-12(6-7-16(17)21)10-20-18(22)14-9-13-4-2-3-5-15(13)19-11-14/h2-9,19,21H,10-11H2,1H3,(H,20,22). The number of methoxy groups -OCH3 is 1. The van der Waals surface area contributed by atoms with Gasteiger partial charge in [0.15, 0.2) is 11.5 Å². The molecule has 2 aromatic carbocycles. The normalized spacial score (nSPS) is 12.7. The average molecular weight is 310 g/mol. The molecule has 0 fully saturated rings. The van der Waals surface area contributed by atoms with Crippen molar-refractivity contribution in [2.75, 3.05) is 19.0 Å². The third kappa shape index (κ3) is 3.29. The molecule has 1 aliphatic heterocycles. The Morgan fingerprint density at radius 2 is 2.13 bits per heavy atom. The number of hydrogen-bond acceptors (Lipinski definition) is 4. The molecule has 0 atom stereocenters. The summed E-state index contributed by atoms with van der Waals surface area (Å²) in [6, 6.07) is 12.9. The molecule has 0 aromatic heterocycles. The van der Waals surface area contributed by atoms with Crippen molar-refractivity contribution in [2.24, 2.45) is 0 Å². The van der Waals surface area contributed by atoms with Crippen LogP contribution in [0.25, 0.3) is 6.08 Å². The number of phenolic OH excluding ortho intramolecular Hbond substituents is 1. The molecular formula is C18H18N2O3. The maximum Gasteiger partial charge on any atom is 0.249 e. The summed E-state index contributed by atoms with van der Waals surface area (Å²) in [5.41, 5.74) is 3.59.